The summed E-state index contributed by atoms with van der Waals surface area (Å²) in [6.07, 6.45) is 0.990. The van der Waals surface area contributed by atoms with Crippen molar-refractivity contribution in [2.45, 2.75) is 25.0 Å². The van der Waals surface area contributed by atoms with Crippen molar-refractivity contribution in [2.24, 2.45) is 0 Å². The molecular formula is C18H19FN4O5S. The van der Waals surface area contributed by atoms with Crippen LogP contribution in [-0.2, 0) is 9.84 Å². The summed E-state index contributed by atoms with van der Waals surface area (Å²) in [5.74, 6) is 0.141. The molecule has 1 aromatic heterocycles. The average molecular weight is 422 g/mol. The number of aromatic amines is 1. The summed E-state index contributed by atoms with van der Waals surface area (Å²) >= 11 is 0. The molecule has 1 aromatic carbocycles. The molecule has 0 amide bonds. The maximum Gasteiger partial charge on any atom is 0.362 e. The van der Waals surface area contributed by atoms with Gasteiger partial charge >= 0.3 is 5.97 Å². The van der Waals surface area contributed by atoms with Gasteiger partial charge in [0.25, 0.3) is 5.88 Å². The van der Waals surface area contributed by atoms with Gasteiger partial charge in [0.15, 0.2) is 0 Å². The molecule has 1 aliphatic heterocycles. The molecule has 1 saturated heterocycles. The molecule has 154 valence electrons. The molecule has 2 aromatic rings. The second-order valence-corrected chi connectivity index (χ2v) is 8.71. The summed E-state index contributed by atoms with van der Waals surface area (Å²) in [5, 5.41) is 19.8. The largest absolute Gasteiger partial charge is 0.476 e. The molecule has 0 aliphatic carbocycles. The first kappa shape index (κ1) is 20.8. The Labute approximate surface area is 166 Å². The van der Waals surface area contributed by atoms with Gasteiger partial charge in [0.2, 0.25) is 15.5 Å². The van der Waals surface area contributed by atoms with Crippen LogP contribution in [0, 0.1) is 23.9 Å². The molecule has 29 heavy (non-hydrogen) atoms. The van der Waals surface area contributed by atoms with E-state index in [0.717, 1.165) is 6.07 Å². The van der Waals surface area contributed by atoms with Crippen LogP contribution in [0.3, 0.4) is 0 Å². The van der Waals surface area contributed by atoms with Crippen LogP contribution in [0.4, 0.5) is 4.39 Å². The number of nitrogens with zero attached hydrogens (tertiary/aromatic N) is 3. The average Bonchev–Trinajstić information content (AvgIpc) is 3.12. The van der Waals surface area contributed by atoms with E-state index in [4.69, 9.17) is 9.84 Å². The van der Waals surface area contributed by atoms with E-state index in [1.165, 1.54) is 13.0 Å². The van der Waals surface area contributed by atoms with Crippen molar-refractivity contribution in [3.05, 3.63) is 34.8 Å². The number of aromatic carboxylic acids is 1. The fourth-order valence-electron chi connectivity index (χ4n) is 2.90. The third-order valence-corrected chi connectivity index (χ3v) is 6.42. The van der Waals surface area contributed by atoms with Crippen molar-refractivity contribution >= 4 is 15.8 Å². The molecule has 0 unspecified atom stereocenters. The maximum atomic E-state index is 14.3. The Balaban J connectivity index is 1.88. The second kappa shape index (κ2) is 8.18. The zero-order valence-electron chi connectivity index (χ0n) is 15.8. The van der Waals surface area contributed by atoms with E-state index in [1.54, 1.807) is 0 Å². The number of carboxylic acid groups (broad SMARTS) is 1. The summed E-state index contributed by atoms with van der Waals surface area (Å²) in [4.78, 5) is 13.1. The van der Waals surface area contributed by atoms with Gasteiger partial charge in [-0.25, -0.2) is 22.7 Å². The second-order valence-electron chi connectivity index (χ2n) is 6.75. The van der Waals surface area contributed by atoms with E-state index >= 15 is 0 Å². The smallest absolute Gasteiger partial charge is 0.362 e. The third kappa shape index (κ3) is 4.72. The first-order valence-electron chi connectivity index (χ1n) is 8.75. The van der Waals surface area contributed by atoms with Crippen LogP contribution < -0.4 is 4.74 Å². The summed E-state index contributed by atoms with van der Waals surface area (Å²) in [5.41, 5.74) is -0.186. The van der Waals surface area contributed by atoms with Crippen LogP contribution >= 0.6 is 0 Å². The predicted octanol–water partition coefficient (Wildman–Crippen LogP) is 1.56. The van der Waals surface area contributed by atoms with Gasteiger partial charge in [0.1, 0.15) is 11.6 Å². The highest BCUT2D eigenvalue weighted by atomic mass is 32.2. The quantitative estimate of drug-likeness (QED) is 0.711. The molecule has 2 N–H and O–H groups in total. The molecule has 0 spiro atoms. The molecule has 0 saturated carbocycles. The molecule has 1 aliphatic rings. The van der Waals surface area contributed by atoms with Crippen molar-refractivity contribution in [3.63, 3.8) is 0 Å². The Morgan fingerprint density at radius 1 is 1.38 bits per heavy atom. The van der Waals surface area contributed by atoms with Crippen molar-refractivity contribution in [1.82, 2.24) is 20.3 Å². The number of halogens is 1. The van der Waals surface area contributed by atoms with E-state index in [1.807, 2.05) is 7.05 Å². The number of aromatic nitrogens is 3. The molecular weight excluding hydrogens is 403 g/mol. The Kier molecular flexibility index (Phi) is 5.86. The van der Waals surface area contributed by atoms with Crippen molar-refractivity contribution in [2.75, 3.05) is 20.1 Å². The molecule has 0 atom stereocenters. The van der Waals surface area contributed by atoms with E-state index in [2.05, 4.69) is 31.5 Å². The van der Waals surface area contributed by atoms with Crippen LogP contribution in [0.15, 0.2) is 12.1 Å². The van der Waals surface area contributed by atoms with Gasteiger partial charge in [-0.15, -0.1) is 5.10 Å². The number of carboxylic acids is 1. The number of hydrogen-bond donors (Lipinski definition) is 2. The summed E-state index contributed by atoms with van der Waals surface area (Å²) in [6.45, 7) is 2.81. The highest BCUT2D eigenvalue weighted by Crippen LogP contribution is 2.26. The number of rotatable bonds is 4. The van der Waals surface area contributed by atoms with Gasteiger partial charge in [-0.1, -0.05) is 5.21 Å². The summed E-state index contributed by atoms with van der Waals surface area (Å²) < 4.78 is 44.6. The summed E-state index contributed by atoms with van der Waals surface area (Å²) in [6, 6.07) is 2.38. The Bertz CT molecular complexity index is 1100. The number of carbonyl (C=O) groups is 1. The van der Waals surface area contributed by atoms with Gasteiger partial charge in [-0.2, -0.15) is 0 Å². The van der Waals surface area contributed by atoms with Crippen LogP contribution in [0.25, 0.3) is 0 Å². The van der Waals surface area contributed by atoms with Gasteiger partial charge in [-0.05, 0) is 51.9 Å². The highest BCUT2D eigenvalue weighted by Gasteiger charge is 2.27. The normalized spacial score (nSPS) is 15.6. The standard InChI is InChI=1S/C18H19FN4O5S/c1-11-12(5-8-29(26,27)14-3-6-23(2)7-4-14)9-13(10-15(11)19)28-17-16(18(24)25)20-22-21-17/h9-10,14H,3-4,6-7H2,1-2H3,(H,24,25)(H,20,21,22). The molecule has 0 radical (unpaired) electrons. The molecule has 11 heteroatoms. The van der Waals surface area contributed by atoms with Crippen molar-refractivity contribution in [1.29, 1.82) is 0 Å². The van der Waals surface area contributed by atoms with Crippen LogP contribution in [0.2, 0.25) is 0 Å². The Morgan fingerprint density at radius 2 is 2.07 bits per heavy atom. The number of ether oxygens (including phenoxy) is 1. The van der Waals surface area contributed by atoms with Crippen molar-refractivity contribution < 1.29 is 27.4 Å². The number of hydrogen-bond acceptors (Lipinski definition) is 7. The van der Waals surface area contributed by atoms with E-state index in [0.29, 0.717) is 25.9 Å². The number of likely N-dealkylation sites (tertiary alicyclic amines) is 1. The zero-order chi connectivity index (χ0) is 21.2. The first-order valence-corrected chi connectivity index (χ1v) is 10.3. The predicted molar refractivity (Wildman–Crippen MR) is 101 cm³/mol. The van der Waals surface area contributed by atoms with Crippen LogP contribution in [0.5, 0.6) is 11.6 Å². The monoisotopic (exact) mass is 422 g/mol. The van der Waals surface area contributed by atoms with Gasteiger partial charge in [0.05, 0.1) is 5.25 Å². The lowest BCUT2D eigenvalue weighted by molar-refractivity contribution is 0.0687. The molecule has 9 nitrogen and oxygen atoms in total. The number of sulfone groups is 1. The fraction of sp³-hybridized carbons (Fsp3) is 0.389. The molecule has 0 bridgehead atoms. The molecule has 3 rings (SSSR count). The van der Waals surface area contributed by atoms with E-state index in [9.17, 15) is 17.6 Å². The third-order valence-electron chi connectivity index (χ3n) is 4.69. The van der Waals surface area contributed by atoms with Crippen LogP contribution in [-0.4, -0.2) is 65.2 Å². The number of benzene rings is 1. The highest BCUT2D eigenvalue weighted by molar-refractivity contribution is 7.96. The van der Waals surface area contributed by atoms with E-state index in [-0.39, 0.29) is 22.8 Å². The van der Waals surface area contributed by atoms with Gasteiger partial charge < -0.3 is 14.7 Å². The van der Waals surface area contributed by atoms with Crippen molar-refractivity contribution in [3.8, 4) is 22.8 Å². The minimum Gasteiger partial charge on any atom is -0.476 e. The maximum absolute atomic E-state index is 14.3. The lowest BCUT2D eigenvalue weighted by atomic mass is 10.1. The van der Waals surface area contributed by atoms with Crippen LogP contribution in [0.1, 0.15) is 34.5 Å². The van der Waals surface area contributed by atoms with Gasteiger partial charge in [-0.3, -0.25) is 0 Å². The minimum absolute atomic E-state index is 0.0670. The Hall–Kier alpha value is -2.97. The topological polar surface area (TPSA) is 125 Å². The SMILES string of the molecule is Cc1c(F)cc(Oc2[nH]nnc2C(=O)O)cc1C#CS(=O)(=O)C1CCN(C)CC1. The number of piperidine rings is 1. The zero-order valence-corrected chi connectivity index (χ0v) is 16.6. The minimum atomic E-state index is -3.67. The molecule has 2 heterocycles. The van der Waals surface area contributed by atoms with Gasteiger partial charge in [0, 0.05) is 22.4 Å². The number of nitrogens with one attached hydrogen (secondary N) is 1. The molecule has 1 fully saturated rings. The fourth-order valence-corrected chi connectivity index (χ4v) is 4.15. The Morgan fingerprint density at radius 3 is 2.72 bits per heavy atom. The lowest BCUT2D eigenvalue weighted by Gasteiger charge is -2.27. The van der Waals surface area contributed by atoms with E-state index < -0.39 is 32.6 Å². The lowest BCUT2D eigenvalue weighted by Crippen LogP contribution is -2.36. The number of H-pyrrole nitrogens is 1. The first-order chi connectivity index (χ1) is 13.7. The summed E-state index contributed by atoms with van der Waals surface area (Å²) in [7, 11) is -1.74.